The smallest absolute Gasteiger partial charge is 0.0619 e. The lowest BCUT2D eigenvalue weighted by molar-refractivity contribution is 1.19. The van der Waals surface area contributed by atoms with Crippen molar-refractivity contribution in [3.05, 3.63) is 206 Å². The molecule has 0 spiro atoms. The number of nitrogens with zero attached hydrogens (tertiary/aromatic N) is 2. The summed E-state index contributed by atoms with van der Waals surface area (Å²) in [6, 6.07) is 74.7. The van der Waals surface area contributed by atoms with Crippen LogP contribution in [0.4, 0.5) is 17.1 Å². The molecule has 10 rings (SSSR count). The molecule has 52 heavy (non-hydrogen) atoms. The van der Waals surface area contributed by atoms with Gasteiger partial charge in [0.2, 0.25) is 0 Å². The lowest BCUT2D eigenvalue weighted by Gasteiger charge is -2.28. The number of benzene rings is 9. The predicted molar refractivity (Wildman–Crippen MR) is 221 cm³/mol. The second-order valence-electron chi connectivity index (χ2n) is 13.4. The van der Waals surface area contributed by atoms with Crippen LogP contribution < -0.4 is 4.90 Å². The highest BCUT2D eigenvalue weighted by atomic mass is 15.1. The van der Waals surface area contributed by atoms with E-state index in [0.29, 0.717) is 0 Å². The molecule has 244 valence electrons. The zero-order valence-corrected chi connectivity index (χ0v) is 28.5. The van der Waals surface area contributed by atoms with E-state index in [0.717, 1.165) is 22.7 Å². The Morgan fingerprint density at radius 2 is 0.981 bits per heavy atom. The quantitative estimate of drug-likeness (QED) is 0.172. The number of anilines is 3. The van der Waals surface area contributed by atoms with Gasteiger partial charge < -0.3 is 9.47 Å². The summed E-state index contributed by atoms with van der Waals surface area (Å²) in [5.41, 5.74) is 11.7. The summed E-state index contributed by atoms with van der Waals surface area (Å²) in [6.07, 6.45) is 0. The molecule has 10 aromatic rings. The minimum Gasteiger partial charge on any atom is -0.310 e. The molecule has 2 heteroatoms. The molecule has 1 heterocycles. The average molecular weight is 663 g/mol. The van der Waals surface area contributed by atoms with Gasteiger partial charge in [-0.05, 0) is 87.4 Å². The molecule has 9 aromatic carbocycles. The Morgan fingerprint density at radius 3 is 1.83 bits per heavy atom. The SMILES string of the molecule is c1ccc(-c2ccccc2N(c2ccc(-c3ccc4ccccc4c3)cc2)c2ccc3c(ccc4c5ccccc5n(-c5ccccc5)c34)c2)cc1. The monoisotopic (exact) mass is 662 g/mol. The van der Waals surface area contributed by atoms with Crippen molar-refractivity contribution in [2.24, 2.45) is 0 Å². The van der Waals surface area contributed by atoms with E-state index in [1.54, 1.807) is 0 Å². The first-order chi connectivity index (χ1) is 25.8. The van der Waals surface area contributed by atoms with Crippen LogP contribution in [0, 0.1) is 0 Å². The van der Waals surface area contributed by atoms with Crippen LogP contribution in [0.2, 0.25) is 0 Å². The molecule has 0 N–H and O–H groups in total. The summed E-state index contributed by atoms with van der Waals surface area (Å²) >= 11 is 0. The maximum absolute atomic E-state index is 2.42. The summed E-state index contributed by atoms with van der Waals surface area (Å²) in [5, 5.41) is 7.44. The molecule has 0 aliphatic carbocycles. The Morgan fingerprint density at radius 1 is 0.346 bits per heavy atom. The van der Waals surface area contributed by atoms with Crippen molar-refractivity contribution in [1.82, 2.24) is 4.57 Å². The van der Waals surface area contributed by atoms with Crippen molar-refractivity contribution in [3.8, 4) is 27.9 Å². The summed E-state index contributed by atoms with van der Waals surface area (Å²) in [6.45, 7) is 0. The fraction of sp³-hybridized carbons (Fsp3) is 0. The van der Waals surface area contributed by atoms with Crippen molar-refractivity contribution >= 4 is 60.4 Å². The van der Waals surface area contributed by atoms with Crippen LogP contribution >= 0.6 is 0 Å². The van der Waals surface area contributed by atoms with Crippen LogP contribution in [0.15, 0.2) is 206 Å². The minimum atomic E-state index is 1.10. The summed E-state index contributed by atoms with van der Waals surface area (Å²) in [5.74, 6) is 0. The maximum Gasteiger partial charge on any atom is 0.0619 e. The fourth-order valence-electron chi connectivity index (χ4n) is 7.89. The molecule has 0 unspecified atom stereocenters. The Bertz CT molecular complexity index is 2890. The van der Waals surface area contributed by atoms with Crippen molar-refractivity contribution in [2.75, 3.05) is 4.90 Å². The van der Waals surface area contributed by atoms with E-state index < -0.39 is 0 Å². The normalized spacial score (nSPS) is 11.5. The molecular formula is C50H34N2. The molecule has 0 aliphatic heterocycles. The van der Waals surface area contributed by atoms with Crippen molar-refractivity contribution in [1.29, 1.82) is 0 Å². The lowest BCUT2D eigenvalue weighted by atomic mass is 9.99. The standard InChI is InChI=1S/C50H34N2/c1-3-14-37(15-4-1)44-19-9-11-21-48(44)51(42-28-25-36(26-29-42)39-24-23-35-13-7-8-16-38(35)33-39)43-30-32-45-40(34-43)27-31-47-46-20-10-12-22-49(46)52(50(45)47)41-17-5-2-6-18-41/h1-34H. The summed E-state index contributed by atoms with van der Waals surface area (Å²) in [4.78, 5) is 2.41. The molecule has 0 bridgehead atoms. The molecule has 0 saturated carbocycles. The van der Waals surface area contributed by atoms with Crippen molar-refractivity contribution in [3.63, 3.8) is 0 Å². The van der Waals surface area contributed by atoms with Crippen LogP contribution in [0.5, 0.6) is 0 Å². The summed E-state index contributed by atoms with van der Waals surface area (Å²) in [7, 11) is 0. The second-order valence-corrected chi connectivity index (χ2v) is 13.4. The number of para-hydroxylation sites is 3. The minimum absolute atomic E-state index is 1.10. The van der Waals surface area contributed by atoms with E-state index in [4.69, 9.17) is 0 Å². The largest absolute Gasteiger partial charge is 0.310 e. The third kappa shape index (κ3) is 5.04. The second kappa shape index (κ2) is 12.5. The van der Waals surface area contributed by atoms with Gasteiger partial charge in [0.15, 0.2) is 0 Å². The Balaban J connectivity index is 1.16. The Labute approximate surface area is 303 Å². The zero-order chi connectivity index (χ0) is 34.4. The molecule has 0 saturated heterocycles. The van der Waals surface area contributed by atoms with E-state index in [1.165, 1.54) is 65.6 Å². The number of fused-ring (bicyclic) bond motifs is 6. The highest BCUT2D eigenvalue weighted by molar-refractivity contribution is 6.19. The highest BCUT2D eigenvalue weighted by Crippen LogP contribution is 2.44. The van der Waals surface area contributed by atoms with Gasteiger partial charge in [0.05, 0.1) is 16.7 Å². The van der Waals surface area contributed by atoms with E-state index in [-0.39, 0.29) is 0 Å². The van der Waals surface area contributed by atoms with Gasteiger partial charge in [0, 0.05) is 38.8 Å². The van der Waals surface area contributed by atoms with Gasteiger partial charge in [-0.2, -0.15) is 0 Å². The van der Waals surface area contributed by atoms with Gasteiger partial charge >= 0.3 is 0 Å². The van der Waals surface area contributed by atoms with Crippen LogP contribution in [-0.2, 0) is 0 Å². The van der Waals surface area contributed by atoms with E-state index in [9.17, 15) is 0 Å². The lowest BCUT2D eigenvalue weighted by Crippen LogP contribution is -2.11. The molecule has 1 aromatic heterocycles. The zero-order valence-electron chi connectivity index (χ0n) is 28.5. The van der Waals surface area contributed by atoms with Gasteiger partial charge in [-0.1, -0.05) is 152 Å². The van der Waals surface area contributed by atoms with Gasteiger partial charge in [0.1, 0.15) is 0 Å². The van der Waals surface area contributed by atoms with Crippen LogP contribution in [0.25, 0.3) is 71.3 Å². The Kier molecular flexibility index (Phi) is 7.18. The molecule has 2 nitrogen and oxygen atoms in total. The third-order valence-corrected chi connectivity index (χ3v) is 10.3. The van der Waals surface area contributed by atoms with Crippen molar-refractivity contribution in [2.45, 2.75) is 0 Å². The van der Waals surface area contributed by atoms with Gasteiger partial charge in [-0.3, -0.25) is 0 Å². The number of hydrogen-bond acceptors (Lipinski definition) is 1. The topological polar surface area (TPSA) is 8.17 Å². The van der Waals surface area contributed by atoms with Crippen molar-refractivity contribution < 1.29 is 0 Å². The van der Waals surface area contributed by atoms with E-state index in [1.807, 2.05) is 0 Å². The molecule has 0 atom stereocenters. The van der Waals surface area contributed by atoms with Crippen LogP contribution in [-0.4, -0.2) is 4.57 Å². The van der Waals surface area contributed by atoms with Gasteiger partial charge in [0.25, 0.3) is 0 Å². The van der Waals surface area contributed by atoms with Crippen LogP contribution in [0.3, 0.4) is 0 Å². The first-order valence-corrected chi connectivity index (χ1v) is 17.9. The molecule has 0 aliphatic rings. The highest BCUT2D eigenvalue weighted by Gasteiger charge is 2.20. The summed E-state index contributed by atoms with van der Waals surface area (Å²) < 4.78 is 2.42. The fourth-order valence-corrected chi connectivity index (χ4v) is 7.89. The third-order valence-electron chi connectivity index (χ3n) is 10.3. The number of aromatic nitrogens is 1. The Hall–Kier alpha value is -6.90. The molecular weight excluding hydrogens is 629 g/mol. The molecule has 0 radical (unpaired) electrons. The molecule has 0 fully saturated rings. The number of rotatable bonds is 6. The van der Waals surface area contributed by atoms with Gasteiger partial charge in [-0.25, -0.2) is 0 Å². The van der Waals surface area contributed by atoms with E-state index >= 15 is 0 Å². The maximum atomic E-state index is 2.42. The number of hydrogen-bond donors (Lipinski definition) is 0. The first-order valence-electron chi connectivity index (χ1n) is 17.9. The van der Waals surface area contributed by atoms with E-state index in [2.05, 4.69) is 216 Å². The molecule has 0 amide bonds. The van der Waals surface area contributed by atoms with Crippen LogP contribution in [0.1, 0.15) is 0 Å². The first kappa shape index (κ1) is 30.0. The predicted octanol–water partition coefficient (Wildman–Crippen LogP) is 13.9. The average Bonchev–Trinajstić information content (AvgIpc) is 3.57. The van der Waals surface area contributed by atoms with Gasteiger partial charge in [-0.15, -0.1) is 0 Å².